The molecular formula is C25H42O6. The lowest BCUT2D eigenvalue weighted by molar-refractivity contribution is -0.0853. The van der Waals surface area contributed by atoms with E-state index in [0.717, 1.165) is 56.9 Å². The Labute approximate surface area is 186 Å². The highest BCUT2D eigenvalue weighted by molar-refractivity contribution is 5.13. The second-order valence-corrected chi connectivity index (χ2v) is 9.38. The Hall–Kier alpha value is -1.02. The van der Waals surface area contributed by atoms with E-state index in [2.05, 4.69) is 0 Å². The number of hydrogen-bond donors (Lipinski definition) is 5. The van der Waals surface area contributed by atoms with Gasteiger partial charge in [-0.1, -0.05) is 68.9 Å². The SMILES string of the molecule is OCC(O)C1(CO)CCCCC1.OCC1(C(O)COCc2ccccc2)CCCCC1. The first-order chi connectivity index (χ1) is 15.0. The molecule has 2 aliphatic rings. The van der Waals surface area contributed by atoms with Gasteiger partial charge in [-0.05, 0) is 31.2 Å². The summed E-state index contributed by atoms with van der Waals surface area (Å²) in [6.07, 6.45) is 8.85. The van der Waals surface area contributed by atoms with Crippen LogP contribution in [0.25, 0.3) is 0 Å². The Balaban J connectivity index is 0.000000245. The van der Waals surface area contributed by atoms with Crippen LogP contribution >= 0.6 is 0 Å². The van der Waals surface area contributed by atoms with Crippen molar-refractivity contribution in [3.8, 4) is 0 Å². The van der Waals surface area contributed by atoms with Crippen LogP contribution in [0.15, 0.2) is 30.3 Å². The molecule has 1 aromatic rings. The third-order valence-corrected chi connectivity index (χ3v) is 7.30. The average Bonchev–Trinajstić information content (AvgIpc) is 2.85. The number of aliphatic hydroxyl groups excluding tert-OH is 5. The maximum absolute atomic E-state index is 10.3. The van der Waals surface area contributed by atoms with E-state index in [-0.39, 0.29) is 25.2 Å². The van der Waals surface area contributed by atoms with Crippen molar-refractivity contribution in [2.24, 2.45) is 10.8 Å². The fraction of sp³-hybridized carbons (Fsp3) is 0.760. The number of hydrogen-bond acceptors (Lipinski definition) is 6. The largest absolute Gasteiger partial charge is 0.396 e. The third-order valence-electron chi connectivity index (χ3n) is 7.30. The molecule has 2 saturated carbocycles. The zero-order valence-corrected chi connectivity index (χ0v) is 18.8. The van der Waals surface area contributed by atoms with E-state index in [4.69, 9.17) is 9.84 Å². The molecule has 2 unspecified atom stereocenters. The second-order valence-electron chi connectivity index (χ2n) is 9.38. The van der Waals surface area contributed by atoms with Crippen molar-refractivity contribution in [1.29, 1.82) is 0 Å². The molecule has 2 aliphatic carbocycles. The summed E-state index contributed by atoms with van der Waals surface area (Å²) in [6.45, 7) is 0.632. The van der Waals surface area contributed by atoms with E-state index in [1.807, 2.05) is 30.3 Å². The van der Waals surface area contributed by atoms with Crippen molar-refractivity contribution < 1.29 is 30.3 Å². The van der Waals surface area contributed by atoms with Gasteiger partial charge in [0.1, 0.15) is 0 Å². The zero-order chi connectivity index (χ0) is 22.6. The molecule has 0 aromatic heterocycles. The molecule has 31 heavy (non-hydrogen) atoms. The van der Waals surface area contributed by atoms with Crippen LogP contribution in [0.3, 0.4) is 0 Å². The molecule has 0 amide bonds. The molecular weight excluding hydrogens is 396 g/mol. The Morgan fingerprint density at radius 2 is 1.19 bits per heavy atom. The summed E-state index contributed by atoms with van der Waals surface area (Å²) >= 11 is 0. The molecule has 3 rings (SSSR count). The van der Waals surface area contributed by atoms with Crippen molar-refractivity contribution >= 4 is 0 Å². The predicted octanol–water partition coefficient (Wildman–Crippen LogP) is 2.79. The smallest absolute Gasteiger partial charge is 0.0851 e. The molecule has 178 valence electrons. The van der Waals surface area contributed by atoms with Gasteiger partial charge in [0, 0.05) is 10.8 Å². The van der Waals surface area contributed by atoms with E-state index in [0.29, 0.717) is 13.2 Å². The van der Waals surface area contributed by atoms with Gasteiger partial charge in [-0.15, -0.1) is 0 Å². The minimum atomic E-state index is -0.747. The van der Waals surface area contributed by atoms with Crippen molar-refractivity contribution in [3.05, 3.63) is 35.9 Å². The summed E-state index contributed by atoms with van der Waals surface area (Å²) in [5.41, 5.74) is 0.360. The molecule has 1 aromatic carbocycles. The number of benzene rings is 1. The molecule has 0 heterocycles. The van der Waals surface area contributed by atoms with Gasteiger partial charge in [0.2, 0.25) is 0 Å². The average molecular weight is 439 g/mol. The third kappa shape index (κ3) is 7.52. The molecule has 0 saturated heterocycles. The van der Waals surface area contributed by atoms with Crippen LogP contribution in [0.2, 0.25) is 0 Å². The quantitative estimate of drug-likeness (QED) is 0.406. The first kappa shape index (κ1) is 26.2. The number of rotatable bonds is 9. The first-order valence-electron chi connectivity index (χ1n) is 11.8. The standard InChI is InChI=1S/C16H24O3.C9H18O3/c17-13-16(9-5-2-6-10-16)15(18)12-19-11-14-7-3-1-4-8-14;10-6-8(12)9(7-11)4-2-1-3-5-9/h1,3-4,7-8,15,17-18H,2,5-6,9-13H2;8,10-12H,1-7H2. The summed E-state index contributed by atoms with van der Waals surface area (Å²) in [7, 11) is 0. The normalized spacial score (nSPS) is 22.1. The zero-order valence-electron chi connectivity index (χ0n) is 18.8. The molecule has 0 radical (unpaired) electrons. The van der Waals surface area contributed by atoms with Gasteiger partial charge < -0.3 is 30.3 Å². The summed E-state index contributed by atoms with van der Waals surface area (Å²) in [4.78, 5) is 0. The summed E-state index contributed by atoms with van der Waals surface area (Å²) in [5.74, 6) is 0. The Kier molecular flexibility index (Phi) is 11.4. The van der Waals surface area contributed by atoms with Gasteiger partial charge in [-0.2, -0.15) is 0 Å². The van der Waals surface area contributed by atoms with Crippen LogP contribution in [-0.2, 0) is 11.3 Å². The monoisotopic (exact) mass is 438 g/mol. The highest BCUT2D eigenvalue weighted by atomic mass is 16.5. The first-order valence-corrected chi connectivity index (χ1v) is 11.8. The van der Waals surface area contributed by atoms with Crippen LogP contribution in [0.1, 0.15) is 69.8 Å². The van der Waals surface area contributed by atoms with Gasteiger partial charge in [0.25, 0.3) is 0 Å². The van der Waals surface area contributed by atoms with Crippen molar-refractivity contribution in [1.82, 2.24) is 0 Å². The molecule has 2 atom stereocenters. The van der Waals surface area contributed by atoms with Crippen LogP contribution in [0.4, 0.5) is 0 Å². The topological polar surface area (TPSA) is 110 Å². The Morgan fingerprint density at radius 1 is 0.710 bits per heavy atom. The molecule has 0 bridgehead atoms. The van der Waals surface area contributed by atoms with E-state index in [1.165, 1.54) is 12.8 Å². The number of ether oxygens (including phenoxy) is 1. The van der Waals surface area contributed by atoms with Gasteiger partial charge >= 0.3 is 0 Å². The molecule has 6 nitrogen and oxygen atoms in total. The fourth-order valence-corrected chi connectivity index (χ4v) is 4.94. The lowest BCUT2D eigenvalue weighted by atomic mass is 9.71. The Morgan fingerprint density at radius 3 is 1.65 bits per heavy atom. The van der Waals surface area contributed by atoms with Crippen LogP contribution in [0, 0.1) is 10.8 Å². The maximum atomic E-state index is 10.3. The van der Waals surface area contributed by atoms with E-state index in [9.17, 15) is 20.4 Å². The highest BCUT2D eigenvalue weighted by Crippen LogP contribution is 2.39. The van der Waals surface area contributed by atoms with Crippen LogP contribution in [-0.4, -0.2) is 64.2 Å². The van der Waals surface area contributed by atoms with Gasteiger partial charge in [-0.25, -0.2) is 0 Å². The summed E-state index contributed by atoms with van der Waals surface area (Å²) < 4.78 is 5.60. The number of aliphatic hydroxyl groups is 5. The Bertz CT molecular complexity index is 581. The minimum absolute atomic E-state index is 0.00523. The molecule has 6 heteroatoms. The minimum Gasteiger partial charge on any atom is -0.396 e. The van der Waals surface area contributed by atoms with Gasteiger partial charge in [0.15, 0.2) is 0 Å². The molecule has 0 spiro atoms. The van der Waals surface area contributed by atoms with Gasteiger partial charge in [-0.3, -0.25) is 0 Å². The second kappa shape index (κ2) is 13.5. The lowest BCUT2D eigenvalue weighted by Gasteiger charge is -2.39. The highest BCUT2D eigenvalue weighted by Gasteiger charge is 2.39. The summed E-state index contributed by atoms with van der Waals surface area (Å²) in [5, 5.41) is 47.4. The lowest BCUT2D eigenvalue weighted by Crippen LogP contribution is -2.43. The van der Waals surface area contributed by atoms with E-state index < -0.39 is 17.6 Å². The summed E-state index contributed by atoms with van der Waals surface area (Å²) in [6, 6.07) is 9.95. The van der Waals surface area contributed by atoms with Crippen molar-refractivity contribution in [2.75, 3.05) is 26.4 Å². The fourth-order valence-electron chi connectivity index (χ4n) is 4.94. The molecule has 2 fully saturated rings. The van der Waals surface area contributed by atoms with E-state index >= 15 is 0 Å². The molecule has 5 N–H and O–H groups in total. The van der Waals surface area contributed by atoms with Crippen molar-refractivity contribution in [3.63, 3.8) is 0 Å². The van der Waals surface area contributed by atoms with Crippen LogP contribution < -0.4 is 0 Å². The molecule has 0 aliphatic heterocycles. The van der Waals surface area contributed by atoms with Crippen LogP contribution in [0.5, 0.6) is 0 Å². The van der Waals surface area contributed by atoms with Crippen molar-refractivity contribution in [2.45, 2.75) is 83.0 Å². The van der Waals surface area contributed by atoms with Gasteiger partial charge in [0.05, 0.1) is 45.2 Å². The van der Waals surface area contributed by atoms with E-state index in [1.54, 1.807) is 0 Å². The predicted molar refractivity (Wildman–Crippen MR) is 120 cm³/mol. The maximum Gasteiger partial charge on any atom is 0.0851 e.